The number of imide groups is 1. The van der Waals surface area contributed by atoms with Gasteiger partial charge in [0.15, 0.2) is 0 Å². The lowest BCUT2D eigenvalue weighted by Crippen LogP contribution is -2.37. The Labute approximate surface area is 184 Å². The molecule has 2 heterocycles. The van der Waals surface area contributed by atoms with Crippen LogP contribution in [0.1, 0.15) is 55.7 Å². The van der Waals surface area contributed by atoms with E-state index >= 15 is 0 Å². The zero-order valence-electron chi connectivity index (χ0n) is 18.1. The molecule has 1 aromatic heterocycles. The number of amides is 3. The number of halogens is 1. The number of fused-ring (bicyclic) bond motifs is 1. The Bertz CT molecular complexity index is 1150. The van der Waals surface area contributed by atoms with Gasteiger partial charge in [-0.05, 0) is 39.0 Å². The minimum Gasteiger partial charge on any atom is -0.443 e. The molecular formula is C22H22FN5O4. The zero-order chi connectivity index (χ0) is 23.6. The third-order valence-corrected chi connectivity index (χ3v) is 4.52. The van der Waals surface area contributed by atoms with Gasteiger partial charge in [-0.25, -0.2) is 19.1 Å². The fraction of sp³-hybridized carbons (Fsp3) is 0.318. The predicted octanol–water partition coefficient (Wildman–Crippen LogP) is 3.50. The van der Waals surface area contributed by atoms with Crippen molar-refractivity contribution in [2.45, 2.75) is 46.3 Å². The molecule has 0 aliphatic carbocycles. The molecule has 32 heavy (non-hydrogen) atoms. The van der Waals surface area contributed by atoms with E-state index in [1.807, 2.05) is 6.07 Å². The van der Waals surface area contributed by atoms with E-state index in [2.05, 4.69) is 15.8 Å². The summed E-state index contributed by atoms with van der Waals surface area (Å²) < 4.78 is 19.9. The third kappa shape index (κ3) is 4.51. The normalized spacial score (nSPS) is 12.8. The van der Waals surface area contributed by atoms with Gasteiger partial charge in [0.05, 0.1) is 46.4 Å². The fourth-order valence-corrected chi connectivity index (χ4v) is 3.10. The molecular weight excluding hydrogens is 417 g/mol. The quantitative estimate of drug-likeness (QED) is 0.699. The van der Waals surface area contributed by atoms with Crippen LogP contribution in [0, 0.1) is 17.1 Å². The molecule has 2 aromatic rings. The molecule has 0 spiro atoms. The van der Waals surface area contributed by atoms with Gasteiger partial charge in [-0.3, -0.25) is 20.4 Å². The molecule has 0 radical (unpaired) electrons. The van der Waals surface area contributed by atoms with E-state index in [0.29, 0.717) is 0 Å². The van der Waals surface area contributed by atoms with E-state index < -0.39 is 23.4 Å². The lowest BCUT2D eigenvalue weighted by molar-refractivity contribution is -0.120. The van der Waals surface area contributed by atoms with Crippen LogP contribution >= 0.6 is 0 Å². The molecule has 10 heteroatoms. The van der Waals surface area contributed by atoms with E-state index in [0.717, 1.165) is 4.90 Å². The van der Waals surface area contributed by atoms with Crippen LogP contribution in [0.25, 0.3) is 11.3 Å². The summed E-state index contributed by atoms with van der Waals surface area (Å²) in [4.78, 5) is 42.5. The van der Waals surface area contributed by atoms with Crippen LogP contribution in [0.15, 0.2) is 24.3 Å². The van der Waals surface area contributed by atoms with Crippen molar-refractivity contribution in [3.63, 3.8) is 0 Å². The number of hydrazine groups is 1. The van der Waals surface area contributed by atoms with Gasteiger partial charge in [-0.15, -0.1) is 0 Å². The molecule has 0 atom stereocenters. The summed E-state index contributed by atoms with van der Waals surface area (Å²) in [7, 11) is 0. The molecule has 0 bridgehead atoms. The number of hydrogen-bond donors (Lipinski definition) is 2. The van der Waals surface area contributed by atoms with Crippen LogP contribution in [0.4, 0.5) is 14.9 Å². The average molecular weight is 439 g/mol. The number of nitriles is 1. The molecule has 0 saturated carbocycles. The molecule has 2 N–H and O–H groups in total. The SMILES string of the molecule is CCC(=O)NNc1cc(-c2c(F)cccc2C#N)nc2c1C(=O)N(C(=O)OC(C)(C)C)C2. The highest BCUT2D eigenvalue weighted by Gasteiger charge is 2.38. The highest BCUT2D eigenvalue weighted by molar-refractivity contribution is 6.10. The Balaban J connectivity index is 2.11. The summed E-state index contributed by atoms with van der Waals surface area (Å²) in [5, 5.41) is 9.40. The van der Waals surface area contributed by atoms with Crippen LogP contribution in [-0.2, 0) is 16.1 Å². The second-order valence-corrected chi connectivity index (χ2v) is 8.05. The van der Waals surface area contributed by atoms with Gasteiger partial charge in [0.1, 0.15) is 11.4 Å². The maximum atomic E-state index is 14.6. The van der Waals surface area contributed by atoms with Crippen LogP contribution in [0.3, 0.4) is 0 Å². The average Bonchev–Trinajstić information content (AvgIpc) is 3.06. The maximum absolute atomic E-state index is 14.6. The smallest absolute Gasteiger partial charge is 0.417 e. The number of aromatic nitrogens is 1. The maximum Gasteiger partial charge on any atom is 0.417 e. The number of carbonyl (C=O) groups excluding carboxylic acids is 3. The third-order valence-electron chi connectivity index (χ3n) is 4.52. The van der Waals surface area contributed by atoms with E-state index in [-0.39, 0.29) is 52.6 Å². The summed E-state index contributed by atoms with van der Waals surface area (Å²) in [6, 6.07) is 7.31. The van der Waals surface area contributed by atoms with Crippen LogP contribution in [-0.4, -0.2) is 33.4 Å². The van der Waals surface area contributed by atoms with E-state index in [1.165, 1.54) is 24.3 Å². The van der Waals surface area contributed by atoms with E-state index in [1.54, 1.807) is 27.7 Å². The monoisotopic (exact) mass is 439 g/mol. The highest BCUT2D eigenvalue weighted by Crippen LogP contribution is 2.34. The lowest BCUT2D eigenvalue weighted by atomic mass is 10.0. The van der Waals surface area contributed by atoms with Gasteiger partial charge in [0.2, 0.25) is 5.91 Å². The number of nitrogens with one attached hydrogen (secondary N) is 2. The summed E-state index contributed by atoms with van der Waals surface area (Å²) in [5.74, 6) is -1.70. The van der Waals surface area contributed by atoms with Gasteiger partial charge < -0.3 is 4.74 Å². The van der Waals surface area contributed by atoms with Crippen molar-refractivity contribution in [1.29, 1.82) is 5.26 Å². The van der Waals surface area contributed by atoms with E-state index in [9.17, 15) is 24.0 Å². The predicted molar refractivity (Wildman–Crippen MR) is 113 cm³/mol. The molecule has 9 nitrogen and oxygen atoms in total. The first-order valence-corrected chi connectivity index (χ1v) is 9.88. The van der Waals surface area contributed by atoms with Crippen LogP contribution in [0.2, 0.25) is 0 Å². The molecule has 0 unspecified atom stereocenters. The number of pyridine rings is 1. The van der Waals surface area contributed by atoms with Gasteiger partial charge in [0.25, 0.3) is 5.91 Å². The number of hydrogen-bond acceptors (Lipinski definition) is 7. The minimum atomic E-state index is -0.853. The number of rotatable bonds is 4. The largest absolute Gasteiger partial charge is 0.443 e. The minimum absolute atomic E-state index is 0.0471. The lowest BCUT2D eigenvalue weighted by Gasteiger charge is -2.23. The second-order valence-electron chi connectivity index (χ2n) is 8.05. The topological polar surface area (TPSA) is 124 Å². The molecule has 3 amide bonds. The molecule has 3 rings (SSSR count). The zero-order valence-corrected chi connectivity index (χ0v) is 18.1. The van der Waals surface area contributed by atoms with Crippen LogP contribution in [0.5, 0.6) is 0 Å². The highest BCUT2D eigenvalue weighted by atomic mass is 19.1. The van der Waals surface area contributed by atoms with Crippen molar-refractivity contribution < 1.29 is 23.5 Å². The van der Waals surface area contributed by atoms with Gasteiger partial charge >= 0.3 is 6.09 Å². The van der Waals surface area contributed by atoms with Gasteiger partial charge in [0, 0.05) is 6.42 Å². The Hall–Kier alpha value is -4.00. The molecule has 1 aromatic carbocycles. The van der Waals surface area contributed by atoms with Crippen molar-refractivity contribution in [3.05, 3.63) is 46.9 Å². The molecule has 1 aliphatic rings. The Kier molecular flexibility index (Phi) is 6.11. The van der Waals surface area contributed by atoms with Gasteiger partial charge in [-0.1, -0.05) is 13.0 Å². The van der Waals surface area contributed by atoms with E-state index in [4.69, 9.17) is 4.74 Å². The van der Waals surface area contributed by atoms with Crippen molar-refractivity contribution in [1.82, 2.24) is 15.3 Å². The Morgan fingerprint density at radius 3 is 2.66 bits per heavy atom. The molecule has 0 fully saturated rings. The van der Waals surface area contributed by atoms with Crippen molar-refractivity contribution in [2.75, 3.05) is 5.43 Å². The number of nitrogens with zero attached hydrogens (tertiary/aromatic N) is 3. The van der Waals surface area contributed by atoms with Crippen molar-refractivity contribution in [2.24, 2.45) is 0 Å². The number of carbonyl (C=O) groups is 3. The fourth-order valence-electron chi connectivity index (χ4n) is 3.10. The Morgan fingerprint density at radius 2 is 2.03 bits per heavy atom. The number of ether oxygens (including phenoxy) is 1. The standard InChI is InChI=1S/C22H22FN5O4/c1-5-17(29)27-26-15-9-14(18-12(10-24)7-6-8-13(18)23)25-16-11-28(20(30)19(15)16)21(31)32-22(2,3)4/h6-9H,5,11H2,1-4H3,(H,25,26)(H,27,29). The first-order chi connectivity index (χ1) is 15.1. The first-order valence-electron chi connectivity index (χ1n) is 9.88. The summed E-state index contributed by atoms with van der Waals surface area (Å²) in [6.45, 7) is 6.45. The molecule has 166 valence electrons. The first kappa shape index (κ1) is 22.7. The summed E-state index contributed by atoms with van der Waals surface area (Å²) in [5.41, 5.74) is 4.70. The summed E-state index contributed by atoms with van der Waals surface area (Å²) in [6.07, 6.45) is -0.675. The molecule has 1 aliphatic heterocycles. The number of anilines is 1. The van der Waals surface area contributed by atoms with Gasteiger partial charge in [-0.2, -0.15) is 5.26 Å². The van der Waals surface area contributed by atoms with Crippen molar-refractivity contribution in [3.8, 4) is 17.3 Å². The molecule has 0 saturated heterocycles. The summed E-state index contributed by atoms with van der Waals surface area (Å²) >= 11 is 0. The second kappa shape index (κ2) is 8.63. The Morgan fingerprint density at radius 1 is 1.31 bits per heavy atom. The number of benzene rings is 1. The van der Waals surface area contributed by atoms with Crippen LogP contribution < -0.4 is 10.9 Å². The van der Waals surface area contributed by atoms with Crippen molar-refractivity contribution >= 4 is 23.6 Å².